The molecule has 2 amide bonds. The maximum atomic E-state index is 12.4. The van der Waals surface area contributed by atoms with Gasteiger partial charge in [-0.05, 0) is 40.2 Å². The number of carbonyl (C=O) groups is 3. The van der Waals surface area contributed by atoms with Gasteiger partial charge in [-0.15, -0.1) is 0 Å². The molecule has 1 unspecified atom stereocenters. The summed E-state index contributed by atoms with van der Waals surface area (Å²) in [4.78, 5) is 38.8. The van der Waals surface area contributed by atoms with Crippen molar-refractivity contribution >= 4 is 18.0 Å². The van der Waals surface area contributed by atoms with Gasteiger partial charge < -0.3 is 20.5 Å². The van der Waals surface area contributed by atoms with Crippen LogP contribution in [0.1, 0.15) is 29.0 Å². The maximum Gasteiger partial charge on any atom is 0.407 e. The second-order valence-corrected chi connectivity index (χ2v) is 9.77. The van der Waals surface area contributed by atoms with Gasteiger partial charge in [-0.25, -0.2) is 9.59 Å². The van der Waals surface area contributed by atoms with E-state index in [0.29, 0.717) is 13.1 Å². The highest BCUT2D eigenvalue weighted by Gasteiger charge is 2.45. The Balaban J connectivity index is 1.10. The first-order chi connectivity index (χ1) is 18.9. The smallest absolute Gasteiger partial charge is 0.407 e. The summed E-state index contributed by atoms with van der Waals surface area (Å²) in [6.07, 6.45) is -0.360. The topological polar surface area (TPSA) is 108 Å². The van der Waals surface area contributed by atoms with Gasteiger partial charge in [0.05, 0.1) is 6.54 Å². The Morgan fingerprint density at radius 2 is 1.59 bits per heavy atom. The first-order valence-corrected chi connectivity index (χ1v) is 12.8. The first kappa shape index (κ1) is 26.0. The van der Waals surface area contributed by atoms with Crippen LogP contribution < -0.4 is 10.6 Å². The number of ether oxygens (including phenoxy) is 1. The van der Waals surface area contributed by atoms with E-state index in [1.54, 1.807) is 0 Å². The van der Waals surface area contributed by atoms with Crippen LogP contribution in [-0.4, -0.2) is 59.8 Å². The van der Waals surface area contributed by atoms with Crippen LogP contribution in [0.4, 0.5) is 4.79 Å². The van der Waals surface area contributed by atoms with Crippen molar-refractivity contribution < 1.29 is 24.2 Å². The molecule has 0 bridgehead atoms. The van der Waals surface area contributed by atoms with E-state index in [0.717, 1.165) is 27.8 Å². The third kappa shape index (κ3) is 5.79. The number of rotatable bonds is 7. The average Bonchev–Trinajstić information content (AvgIpc) is 3.50. The predicted octanol–water partition coefficient (Wildman–Crippen LogP) is 3.37. The highest BCUT2D eigenvalue weighted by atomic mass is 16.5. The lowest BCUT2D eigenvalue weighted by Gasteiger charge is -2.25. The largest absolute Gasteiger partial charge is 0.479 e. The Morgan fingerprint density at radius 1 is 0.949 bits per heavy atom. The third-order valence-electron chi connectivity index (χ3n) is 7.23. The zero-order valence-electron chi connectivity index (χ0n) is 21.4. The Morgan fingerprint density at radius 3 is 2.26 bits per heavy atom. The molecule has 1 saturated heterocycles. The van der Waals surface area contributed by atoms with Gasteiger partial charge in [0.25, 0.3) is 5.91 Å². The predicted molar refractivity (Wildman–Crippen MR) is 146 cm³/mol. The number of alkyl carbamates (subject to hydrolysis) is 1. The van der Waals surface area contributed by atoms with Gasteiger partial charge in [-0.3, -0.25) is 9.69 Å². The van der Waals surface area contributed by atoms with Crippen molar-refractivity contribution in [1.29, 1.82) is 0 Å². The third-order valence-corrected chi connectivity index (χ3v) is 7.23. The number of carboxylic acid groups (broad SMARTS) is 1. The summed E-state index contributed by atoms with van der Waals surface area (Å²) in [5, 5.41) is 15.0. The Bertz CT molecular complexity index is 1400. The van der Waals surface area contributed by atoms with E-state index in [1.165, 1.54) is 0 Å². The van der Waals surface area contributed by atoms with Crippen molar-refractivity contribution in [3.05, 3.63) is 95.6 Å². The van der Waals surface area contributed by atoms with Crippen LogP contribution in [-0.2, 0) is 20.9 Å². The zero-order chi connectivity index (χ0) is 27.2. The molecule has 8 heteroatoms. The Kier molecular flexibility index (Phi) is 7.62. The second-order valence-electron chi connectivity index (χ2n) is 9.77. The fraction of sp³-hybridized carbons (Fsp3) is 0.258. The van der Waals surface area contributed by atoms with Crippen molar-refractivity contribution in [3.63, 3.8) is 0 Å². The lowest BCUT2D eigenvalue weighted by Crippen LogP contribution is -2.56. The maximum absolute atomic E-state index is 12.4. The number of likely N-dealkylation sites (tertiary alicyclic amines) is 1. The number of nitrogens with zero attached hydrogens (tertiary/aromatic N) is 1. The van der Waals surface area contributed by atoms with E-state index in [4.69, 9.17) is 4.74 Å². The molecule has 3 aromatic rings. The van der Waals surface area contributed by atoms with Crippen molar-refractivity contribution in [2.45, 2.75) is 24.4 Å². The monoisotopic (exact) mass is 523 g/mol. The minimum atomic E-state index is -1.40. The van der Waals surface area contributed by atoms with Gasteiger partial charge in [0, 0.05) is 25.6 Å². The zero-order valence-corrected chi connectivity index (χ0v) is 21.4. The molecule has 1 heterocycles. The molecule has 1 aliphatic heterocycles. The van der Waals surface area contributed by atoms with Crippen LogP contribution in [0.3, 0.4) is 0 Å². The molecule has 8 nitrogen and oxygen atoms in total. The van der Waals surface area contributed by atoms with E-state index in [2.05, 4.69) is 34.6 Å². The van der Waals surface area contributed by atoms with Crippen molar-refractivity contribution in [2.24, 2.45) is 0 Å². The molecule has 0 aromatic heterocycles. The summed E-state index contributed by atoms with van der Waals surface area (Å²) in [6.45, 7) is 1.39. The lowest BCUT2D eigenvalue weighted by molar-refractivity contribution is -0.146. The molecule has 5 rings (SSSR count). The van der Waals surface area contributed by atoms with Gasteiger partial charge in [0.1, 0.15) is 6.61 Å². The summed E-state index contributed by atoms with van der Waals surface area (Å²) in [6, 6.07) is 25.9. The van der Waals surface area contributed by atoms with Gasteiger partial charge >= 0.3 is 12.1 Å². The fourth-order valence-electron chi connectivity index (χ4n) is 5.33. The first-order valence-electron chi connectivity index (χ1n) is 12.8. The SMILES string of the molecule is O=C(C#CCNC(=O)OCC1c2ccccc2-c2ccccc21)NC1(C(=O)O)CCN(Cc2ccccc2)C1. The van der Waals surface area contributed by atoms with E-state index in [9.17, 15) is 19.5 Å². The lowest BCUT2D eigenvalue weighted by atomic mass is 9.98. The summed E-state index contributed by atoms with van der Waals surface area (Å²) >= 11 is 0. The van der Waals surface area contributed by atoms with E-state index in [1.807, 2.05) is 71.6 Å². The highest BCUT2D eigenvalue weighted by Crippen LogP contribution is 2.44. The number of aliphatic carboxylic acids is 1. The number of fused-ring (bicyclic) bond motifs is 3. The van der Waals surface area contributed by atoms with Crippen LogP contribution in [0.25, 0.3) is 11.1 Å². The van der Waals surface area contributed by atoms with Gasteiger partial charge in [0.2, 0.25) is 0 Å². The van der Waals surface area contributed by atoms with E-state index < -0.39 is 23.5 Å². The molecule has 198 valence electrons. The van der Waals surface area contributed by atoms with Crippen LogP contribution in [0.5, 0.6) is 0 Å². The molecule has 3 N–H and O–H groups in total. The number of benzene rings is 3. The molecule has 1 atom stereocenters. The molecule has 3 aromatic carbocycles. The molecular formula is C31H29N3O5. The van der Waals surface area contributed by atoms with Crippen molar-refractivity contribution in [2.75, 3.05) is 26.2 Å². The van der Waals surface area contributed by atoms with E-state index >= 15 is 0 Å². The molecular weight excluding hydrogens is 494 g/mol. The van der Waals surface area contributed by atoms with Crippen LogP contribution in [0.2, 0.25) is 0 Å². The summed E-state index contributed by atoms with van der Waals surface area (Å²) in [7, 11) is 0. The van der Waals surface area contributed by atoms with Crippen LogP contribution >= 0.6 is 0 Å². The van der Waals surface area contributed by atoms with Gasteiger partial charge in [-0.1, -0.05) is 84.8 Å². The average molecular weight is 524 g/mol. The summed E-state index contributed by atoms with van der Waals surface area (Å²) in [5.74, 6) is 3.11. The number of amides is 2. The quantitative estimate of drug-likeness (QED) is 0.410. The molecule has 0 spiro atoms. The minimum absolute atomic E-state index is 0.0555. The van der Waals surface area contributed by atoms with E-state index in [-0.39, 0.29) is 32.0 Å². The number of nitrogens with one attached hydrogen (secondary N) is 2. The van der Waals surface area contributed by atoms with Gasteiger partial charge in [-0.2, -0.15) is 0 Å². The number of hydrogen-bond acceptors (Lipinski definition) is 5. The minimum Gasteiger partial charge on any atom is -0.479 e. The molecule has 0 saturated carbocycles. The van der Waals surface area contributed by atoms with Crippen LogP contribution in [0, 0.1) is 11.8 Å². The second kappa shape index (κ2) is 11.4. The summed E-state index contributed by atoms with van der Waals surface area (Å²) < 4.78 is 5.46. The van der Waals surface area contributed by atoms with Crippen molar-refractivity contribution in [3.8, 4) is 23.0 Å². The molecule has 1 aliphatic carbocycles. The number of carboxylic acids is 1. The molecule has 1 fully saturated rings. The summed E-state index contributed by atoms with van der Waals surface area (Å²) in [5.41, 5.74) is 4.19. The normalized spacial score (nSPS) is 17.8. The Hall–Kier alpha value is -4.61. The molecule has 2 aliphatic rings. The standard InChI is InChI=1S/C31H29N3O5/c35-28(33-31(29(36)37)16-18-34(21-31)19-22-9-2-1-3-10-22)15-8-17-32-30(38)39-20-27-25-13-6-4-11-23(25)24-12-5-7-14-26(24)27/h1-7,9-14,27H,16-21H2,(H,32,38)(H,33,35)(H,36,37). The van der Waals surface area contributed by atoms with Crippen LogP contribution in [0.15, 0.2) is 78.9 Å². The van der Waals surface area contributed by atoms with Gasteiger partial charge in [0.15, 0.2) is 5.54 Å². The van der Waals surface area contributed by atoms with Crippen molar-refractivity contribution in [1.82, 2.24) is 15.5 Å². The number of hydrogen-bond donors (Lipinski definition) is 3. The highest BCUT2D eigenvalue weighted by molar-refractivity contribution is 5.97. The molecule has 0 radical (unpaired) electrons. The fourth-order valence-corrected chi connectivity index (χ4v) is 5.33. The molecule has 39 heavy (non-hydrogen) atoms. The Labute approximate surface area is 227 Å². The number of carbonyl (C=O) groups excluding carboxylic acids is 2.